The van der Waals surface area contributed by atoms with Crippen LogP contribution in [0.25, 0.3) is 0 Å². The molecule has 2 aliphatic heterocycles. The Bertz CT molecular complexity index is 231. The van der Waals surface area contributed by atoms with E-state index in [9.17, 15) is 4.79 Å². The number of rotatable bonds is 2. The first-order chi connectivity index (χ1) is 7.27. The van der Waals surface area contributed by atoms with Crippen molar-refractivity contribution in [2.45, 2.75) is 42.2 Å². The summed E-state index contributed by atoms with van der Waals surface area (Å²) in [7, 11) is 0. The summed E-state index contributed by atoms with van der Waals surface area (Å²) in [6, 6.07) is 0. The Morgan fingerprint density at radius 1 is 1.33 bits per heavy atom. The molecule has 0 radical (unpaired) electrons. The molecule has 4 heteroatoms. The van der Waals surface area contributed by atoms with E-state index in [-0.39, 0.29) is 4.83 Å². The number of nitrogens with zero attached hydrogens (tertiary/aromatic N) is 1. The van der Waals surface area contributed by atoms with Gasteiger partial charge in [-0.05, 0) is 31.4 Å². The number of carbonyl (C=O) groups excluding carboxylic acids is 1. The molecule has 2 heterocycles. The molecular weight excluding hydrogens is 274 g/mol. The van der Waals surface area contributed by atoms with Crippen molar-refractivity contribution in [3.63, 3.8) is 0 Å². The molecule has 2 atom stereocenters. The normalized spacial score (nSPS) is 33.1. The third-order valence-electron chi connectivity index (χ3n) is 3.16. The fourth-order valence-corrected chi connectivity index (χ4v) is 4.21. The Kier molecular flexibility index (Phi) is 4.38. The third-order valence-corrected chi connectivity index (χ3v) is 5.39. The van der Waals surface area contributed by atoms with Gasteiger partial charge in [-0.1, -0.05) is 22.4 Å². The number of carbonyl (C=O) groups is 1. The van der Waals surface area contributed by atoms with Gasteiger partial charge in [-0.3, -0.25) is 4.79 Å². The van der Waals surface area contributed by atoms with Crippen LogP contribution in [-0.4, -0.2) is 39.7 Å². The number of amides is 1. The SMILES string of the molecule is O=C1C(Br)CCCN1CC1CCCCS1. The van der Waals surface area contributed by atoms with Crippen LogP contribution in [0, 0.1) is 0 Å². The first-order valence-electron chi connectivity index (χ1n) is 5.82. The first-order valence-corrected chi connectivity index (χ1v) is 7.78. The summed E-state index contributed by atoms with van der Waals surface area (Å²) in [6.07, 6.45) is 6.15. The van der Waals surface area contributed by atoms with Gasteiger partial charge >= 0.3 is 0 Å². The maximum atomic E-state index is 11.9. The second-order valence-electron chi connectivity index (χ2n) is 4.38. The molecule has 0 N–H and O–H groups in total. The molecule has 0 aromatic rings. The van der Waals surface area contributed by atoms with E-state index in [1.165, 1.54) is 25.0 Å². The van der Waals surface area contributed by atoms with Gasteiger partial charge in [0.1, 0.15) is 0 Å². The number of halogens is 1. The van der Waals surface area contributed by atoms with E-state index in [0.717, 1.165) is 25.9 Å². The van der Waals surface area contributed by atoms with E-state index in [0.29, 0.717) is 11.2 Å². The lowest BCUT2D eigenvalue weighted by Gasteiger charge is -2.33. The molecule has 0 aliphatic carbocycles. The molecule has 0 aromatic heterocycles. The Hall–Kier alpha value is 0.300. The average Bonchev–Trinajstić information content (AvgIpc) is 2.26. The van der Waals surface area contributed by atoms with E-state index >= 15 is 0 Å². The van der Waals surface area contributed by atoms with Gasteiger partial charge < -0.3 is 4.90 Å². The summed E-state index contributed by atoms with van der Waals surface area (Å²) >= 11 is 5.51. The van der Waals surface area contributed by atoms with Gasteiger partial charge in [-0.15, -0.1) is 0 Å². The fourth-order valence-electron chi connectivity index (χ4n) is 2.27. The summed E-state index contributed by atoms with van der Waals surface area (Å²) < 4.78 is 0. The predicted molar refractivity (Wildman–Crippen MR) is 68.6 cm³/mol. The zero-order valence-electron chi connectivity index (χ0n) is 8.95. The van der Waals surface area contributed by atoms with Crippen LogP contribution in [0.4, 0.5) is 0 Å². The molecule has 86 valence electrons. The lowest BCUT2D eigenvalue weighted by molar-refractivity contribution is -0.132. The Morgan fingerprint density at radius 2 is 2.20 bits per heavy atom. The first kappa shape index (κ1) is 11.8. The van der Waals surface area contributed by atoms with Crippen molar-refractivity contribution in [2.24, 2.45) is 0 Å². The van der Waals surface area contributed by atoms with Crippen LogP contribution < -0.4 is 0 Å². The lowest BCUT2D eigenvalue weighted by Crippen LogP contribution is -2.45. The Labute approximate surface area is 104 Å². The Morgan fingerprint density at radius 3 is 2.93 bits per heavy atom. The molecule has 1 amide bonds. The van der Waals surface area contributed by atoms with Gasteiger partial charge in [0.15, 0.2) is 0 Å². The largest absolute Gasteiger partial charge is 0.341 e. The summed E-state index contributed by atoms with van der Waals surface area (Å²) in [5, 5.41) is 0.695. The highest BCUT2D eigenvalue weighted by atomic mass is 79.9. The van der Waals surface area contributed by atoms with E-state index in [4.69, 9.17) is 0 Å². The topological polar surface area (TPSA) is 20.3 Å². The van der Waals surface area contributed by atoms with Crippen LogP contribution >= 0.6 is 27.7 Å². The van der Waals surface area contributed by atoms with E-state index in [1.807, 2.05) is 0 Å². The lowest BCUT2D eigenvalue weighted by atomic mass is 10.1. The van der Waals surface area contributed by atoms with Crippen molar-refractivity contribution >= 4 is 33.6 Å². The predicted octanol–water partition coefficient (Wildman–Crippen LogP) is 2.66. The number of hydrogen-bond donors (Lipinski definition) is 0. The summed E-state index contributed by atoms with van der Waals surface area (Å²) in [5.74, 6) is 1.59. The minimum atomic E-state index is 0.0832. The fraction of sp³-hybridized carbons (Fsp3) is 0.909. The minimum Gasteiger partial charge on any atom is -0.341 e. The molecule has 0 bridgehead atoms. The monoisotopic (exact) mass is 291 g/mol. The highest BCUT2D eigenvalue weighted by Crippen LogP contribution is 2.27. The highest BCUT2D eigenvalue weighted by molar-refractivity contribution is 9.10. The van der Waals surface area contributed by atoms with Gasteiger partial charge in [-0.25, -0.2) is 0 Å². The van der Waals surface area contributed by atoms with Gasteiger partial charge in [-0.2, -0.15) is 11.8 Å². The van der Waals surface area contributed by atoms with Crippen molar-refractivity contribution in [3.05, 3.63) is 0 Å². The smallest absolute Gasteiger partial charge is 0.236 e. The van der Waals surface area contributed by atoms with Crippen LogP contribution in [0.15, 0.2) is 0 Å². The molecule has 2 fully saturated rings. The van der Waals surface area contributed by atoms with Gasteiger partial charge in [0, 0.05) is 18.3 Å². The van der Waals surface area contributed by atoms with Crippen LogP contribution in [-0.2, 0) is 4.79 Å². The van der Waals surface area contributed by atoms with Crippen LogP contribution in [0.3, 0.4) is 0 Å². The molecule has 15 heavy (non-hydrogen) atoms. The minimum absolute atomic E-state index is 0.0832. The number of thioether (sulfide) groups is 1. The molecular formula is C11H18BrNOS. The van der Waals surface area contributed by atoms with Gasteiger partial charge in [0.05, 0.1) is 4.83 Å². The summed E-state index contributed by atoms with van der Waals surface area (Å²) in [5.41, 5.74) is 0. The van der Waals surface area contributed by atoms with Crippen LogP contribution in [0.1, 0.15) is 32.1 Å². The molecule has 0 aromatic carbocycles. The second kappa shape index (κ2) is 5.58. The van der Waals surface area contributed by atoms with E-state index in [2.05, 4.69) is 32.6 Å². The number of hydrogen-bond acceptors (Lipinski definition) is 2. The van der Waals surface area contributed by atoms with Crippen molar-refractivity contribution in [1.29, 1.82) is 0 Å². The zero-order valence-corrected chi connectivity index (χ0v) is 11.4. The Balaban J connectivity index is 1.84. The number of alkyl halides is 1. The van der Waals surface area contributed by atoms with Gasteiger partial charge in [0.2, 0.25) is 5.91 Å². The van der Waals surface area contributed by atoms with Crippen LogP contribution in [0.5, 0.6) is 0 Å². The van der Waals surface area contributed by atoms with Crippen molar-refractivity contribution in [2.75, 3.05) is 18.8 Å². The summed E-state index contributed by atoms with van der Waals surface area (Å²) in [4.78, 5) is 14.0. The summed E-state index contributed by atoms with van der Waals surface area (Å²) in [6.45, 7) is 1.95. The van der Waals surface area contributed by atoms with E-state index in [1.54, 1.807) is 0 Å². The standard InChI is InChI=1S/C11H18BrNOS/c12-10-5-3-6-13(11(10)14)8-9-4-1-2-7-15-9/h9-10H,1-8H2. The molecule has 2 rings (SSSR count). The van der Waals surface area contributed by atoms with Crippen molar-refractivity contribution < 1.29 is 4.79 Å². The maximum Gasteiger partial charge on any atom is 0.236 e. The molecule has 0 saturated carbocycles. The number of piperidine rings is 1. The highest BCUT2D eigenvalue weighted by Gasteiger charge is 2.28. The third kappa shape index (κ3) is 3.13. The molecule has 2 aliphatic rings. The molecule has 2 nitrogen and oxygen atoms in total. The molecule has 2 saturated heterocycles. The van der Waals surface area contributed by atoms with E-state index < -0.39 is 0 Å². The van der Waals surface area contributed by atoms with Crippen LogP contribution in [0.2, 0.25) is 0 Å². The van der Waals surface area contributed by atoms with Crippen molar-refractivity contribution in [1.82, 2.24) is 4.90 Å². The quantitative estimate of drug-likeness (QED) is 0.729. The second-order valence-corrected chi connectivity index (χ2v) is 6.90. The average molecular weight is 292 g/mol. The van der Waals surface area contributed by atoms with Gasteiger partial charge in [0.25, 0.3) is 0 Å². The molecule has 0 spiro atoms. The maximum absolute atomic E-state index is 11.9. The van der Waals surface area contributed by atoms with Crippen molar-refractivity contribution in [3.8, 4) is 0 Å². The zero-order chi connectivity index (χ0) is 10.7. The number of likely N-dealkylation sites (tertiary alicyclic amines) is 1. The molecule has 2 unspecified atom stereocenters.